The molecule has 0 spiro atoms. The molecule has 1 amide bonds. The lowest BCUT2D eigenvalue weighted by atomic mass is 9.99. The highest BCUT2D eigenvalue weighted by Gasteiger charge is 2.48. The second-order valence-corrected chi connectivity index (χ2v) is 12.9. The van der Waals surface area contributed by atoms with Crippen LogP contribution >= 0.6 is 0 Å². The van der Waals surface area contributed by atoms with Crippen molar-refractivity contribution in [3.63, 3.8) is 0 Å². The van der Waals surface area contributed by atoms with Crippen LogP contribution in [-0.2, 0) is 28.9 Å². The minimum absolute atomic E-state index is 0.236. The molecule has 0 aromatic carbocycles. The van der Waals surface area contributed by atoms with Gasteiger partial charge in [0.2, 0.25) is 5.91 Å². The van der Waals surface area contributed by atoms with Gasteiger partial charge in [0.25, 0.3) is 0 Å². The second-order valence-electron chi connectivity index (χ2n) is 11.9. The van der Waals surface area contributed by atoms with Gasteiger partial charge in [-0.05, 0) is 32.1 Å². The quantitative estimate of drug-likeness (QED) is 0.0399. The summed E-state index contributed by atoms with van der Waals surface area (Å²) in [6.45, 7) is 3.03. The van der Waals surface area contributed by atoms with Gasteiger partial charge in [-0.3, -0.25) is 9.35 Å². The summed E-state index contributed by atoms with van der Waals surface area (Å²) in [6, 6.07) is -1.13. The lowest BCUT2D eigenvalue weighted by Crippen LogP contribution is -2.61. The molecule has 0 aromatic heterocycles. The number of unbranched alkanes of at least 4 members (excludes halogenated alkanes) is 11. The topological polar surface area (TPSA) is 212 Å². The van der Waals surface area contributed by atoms with Crippen molar-refractivity contribution in [1.82, 2.24) is 5.32 Å². The monoisotopic (exact) mass is 681 g/mol. The number of aliphatic hydroxyl groups is 5. The Balaban J connectivity index is 2.84. The Morgan fingerprint density at radius 1 is 0.870 bits per heavy atom. The molecular weight excluding hydrogens is 622 g/mol. The molecule has 0 aromatic rings. The molecule has 0 saturated carbocycles. The maximum absolute atomic E-state index is 12.9. The molecule has 13 nitrogen and oxygen atoms in total. The standard InChI is InChI=1S/C32H59NO12S/c1-3-5-7-9-11-13-15-16-18-20-25(35)24(33-31(39)26(36)21-19-17-14-12-10-8-6-4-2)23-43-32-29(38)30(45-46(40,41)42)28(37)27(22-34)44-32/h11,13,18,20,24-30,32,34-38H,3-10,12,14-17,19,21-23H2,1-2H3,(H,33,39)(H,40,41,42)/b13-11+,20-18+. The van der Waals surface area contributed by atoms with Crippen LogP contribution in [0.4, 0.5) is 0 Å². The number of hydrogen-bond acceptors (Lipinski definition) is 11. The van der Waals surface area contributed by atoms with E-state index in [9.17, 15) is 38.7 Å². The first kappa shape index (κ1) is 42.6. The van der Waals surface area contributed by atoms with Crippen molar-refractivity contribution in [3.05, 3.63) is 24.3 Å². The molecule has 1 aliphatic heterocycles. The van der Waals surface area contributed by atoms with Crippen molar-refractivity contribution in [2.75, 3.05) is 13.2 Å². The summed E-state index contributed by atoms with van der Waals surface area (Å²) in [6.07, 6.45) is 10.5. The van der Waals surface area contributed by atoms with Crippen LogP contribution in [0.2, 0.25) is 0 Å². The smallest absolute Gasteiger partial charge is 0.394 e. The van der Waals surface area contributed by atoms with Gasteiger partial charge < -0.3 is 40.3 Å². The van der Waals surface area contributed by atoms with Crippen LogP contribution in [0.1, 0.15) is 110 Å². The predicted molar refractivity (Wildman–Crippen MR) is 173 cm³/mol. The number of ether oxygens (including phenoxy) is 2. The van der Waals surface area contributed by atoms with E-state index in [2.05, 4.69) is 35.5 Å². The Hall–Kier alpha value is -1.46. The van der Waals surface area contributed by atoms with Gasteiger partial charge >= 0.3 is 10.4 Å². The van der Waals surface area contributed by atoms with Gasteiger partial charge in [0.15, 0.2) is 6.29 Å². The number of carbonyl (C=O) groups is 1. The summed E-state index contributed by atoms with van der Waals surface area (Å²) in [7, 11) is -5.11. The molecule has 8 unspecified atom stereocenters. The molecule has 1 aliphatic rings. The van der Waals surface area contributed by atoms with Crippen LogP contribution in [0.25, 0.3) is 0 Å². The number of allylic oxidation sites excluding steroid dienone is 3. The minimum atomic E-state index is -5.11. The lowest BCUT2D eigenvalue weighted by Gasteiger charge is -2.41. The average molecular weight is 682 g/mol. The zero-order chi connectivity index (χ0) is 34.4. The van der Waals surface area contributed by atoms with Gasteiger partial charge in [-0.25, -0.2) is 4.18 Å². The molecule has 0 radical (unpaired) electrons. The zero-order valence-electron chi connectivity index (χ0n) is 27.5. The highest BCUT2D eigenvalue weighted by Crippen LogP contribution is 2.26. The fourth-order valence-electron chi connectivity index (χ4n) is 5.06. The third kappa shape index (κ3) is 18.2. The average Bonchev–Trinajstić information content (AvgIpc) is 3.01. The number of amides is 1. The summed E-state index contributed by atoms with van der Waals surface area (Å²) in [5.74, 6) is -0.722. The van der Waals surface area contributed by atoms with Crippen LogP contribution in [0.3, 0.4) is 0 Å². The second kappa shape index (κ2) is 24.6. The van der Waals surface area contributed by atoms with E-state index in [4.69, 9.17) is 14.0 Å². The van der Waals surface area contributed by atoms with Crippen LogP contribution in [0.5, 0.6) is 0 Å². The molecule has 270 valence electrons. The van der Waals surface area contributed by atoms with Crippen molar-refractivity contribution in [2.45, 2.75) is 159 Å². The van der Waals surface area contributed by atoms with Gasteiger partial charge in [-0.1, -0.05) is 102 Å². The van der Waals surface area contributed by atoms with E-state index in [-0.39, 0.29) is 6.42 Å². The maximum Gasteiger partial charge on any atom is 0.397 e. The molecule has 0 bridgehead atoms. The molecule has 46 heavy (non-hydrogen) atoms. The molecule has 8 atom stereocenters. The summed E-state index contributed by atoms with van der Waals surface area (Å²) in [4.78, 5) is 12.9. The third-order valence-corrected chi connectivity index (χ3v) is 8.31. The Morgan fingerprint density at radius 3 is 2.09 bits per heavy atom. The Labute approximate surface area is 275 Å². The molecule has 7 N–H and O–H groups in total. The van der Waals surface area contributed by atoms with E-state index < -0.39 is 78.5 Å². The first-order valence-electron chi connectivity index (χ1n) is 16.8. The molecule has 1 heterocycles. The summed E-state index contributed by atoms with van der Waals surface area (Å²) >= 11 is 0. The fraction of sp³-hybridized carbons (Fsp3) is 0.844. The van der Waals surface area contributed by atoms with Gasteiger partial charge in [-0.2, -0.15) is 8.42 Å². The van der Waals surface area contributed by atoms with E-state index >= 15 is 0 Å². The number of aliphatic hydroxyl groups excluding tert-OH is 5. The fourth-order valence-corrected chi connectivity index (χ4v) is 5.57. The van der Waals surface area contributed by atoms with Gasteiger partial charge in [0, 0.05) is 0 Å². The van der Waals surface area contributed by atoms with Crippen LogP contribution < -0.4 is 5.32 Å². The van der Waals surface area contributed by atoms with E-state index in [1.165, 1.54) is 38.2 Å². The molecule has 1 fully saturated rings. The molecule has 0 aliphatic carbocycles. The number of carbonyl (C=O) groups excluding carboxylic acids is 1. The van der Waals surface area contributed by atoms with Crippen molar-refractivity contribution in [1.29, 1.82) is 0 Å². The normalized spacial score (nSPS) is 24.4. The van der Waals surface area contributed by atoms with E-state index in [0.717, 1.165) is 44.9 Å². The minimum Gasteiger partial charge on any atom is -0.394 e. The van der Waals surface area contributed by atoms with Gasteiger partial charge in [0.1, 0.15) is 30.5 Å². The largest absolute Gasteiger partial charge is 0.397 e. The molecular formula is C32H59NO12S. The number of nitrogens with one attached hydrogen (secondary N) is 1. The Bertz CT molecular complexity index is 963. The van der Waals surface area contributed by atoms with Gasteiger partial charge in [0.05, 0.1) is 25.4 Å². The van der Waals surface area contributed by atoms with Crippen LogP contribution in [0, 0.1) is 0 Å². The Kier molecular flexibility index (Phi) is 22.8. The predicted octanol–water partition coefficient (Wildman–Crippen LogP) is 2.84. The van der Waals surface area contributed by atoms with E-state index in [1.807, 2.05) is 0 Å². The first-order valence-corrected chi connectivity index (χ1v) is 18.2. The molecule has 1 rings (SSSR count). The first-order chi connectivity index (χ1) is 21.9. The Morgan fingerprint density at radius 2 is 1.46 bits per heavy atom. The van der Waals surface area contributed by atoms with E-state index in [0.29, 0.717) is 12.8 Å². The van der Waals surface area contributed by atoms with Gasteiger partial charge in [-0.15, -0.1) is 0 Å². The zero-order valence-corrected chi connectivity index (χ0v) is 28.3. The molecule has 1 saturated heterocycles. The summed E-state index contributed by atoms with van der Waals surface area (Å²) in [5, 5.41) is 54.4. The van der Waals surface area contributed by atoms with Crippen LogP contribution in [-0.4, -0.2) is 107 Å². The van der Waals surface area contributed by atoms with Crippen molar-refractivity contribution >= 4 is 16.3 Å². The molecule has 14 heteroatoms. The summed E-state index contributed by atoms with van der Waals surface area (Å²) < 4.78 is 47.0. The summed E-state index contributed by atoms with van der Waals surface area (Å²) in [5.41, 5.74) is 0. The SMILES string of the molecule is CCCCC/C=C/CC/C=C/C(O)C(COC1OC(CO)C(O)C(OS(=O)(=O)O)C1O)NC(=O)C(O)CCCCCCCCCC. The lowest BCUT2D eigenvalue weighted by molar-refractivity contribution is -0.298. The van der Waals surface area contributed by atoms with Crippen molar-refractivity contribution in [3.8, 4) is 0 Å². The van der Waals surface area contributed by atoms with E-state index in [1.54, 1.807) is 6.08 Å². The number of rotatable bonds is 26. The van der Waals surface area contributed by atoms with Crippen LogP contribution in [0.15, 0.2) is 24.3 Å². The highest BCUT2D eigenvalue weighted by atomic mass is 32.3. The van der Waals surface area contributed by atoms with Crippen molar-refractivity contribution < 1.29 is 57.0 Å². The van der Waals surface area contributed by atoms with Crippen molar-refractivity contribution in [2.24, 2.45) is 0 Å². The number of hydrogen-bond donors (Lipinski definition) is 7. The highest BCUT2D eigenvalue weighted by molar-refractivity contribution is 7.80. The third-order valence-electron chi connectivity index (χ3n) is 7.84. The maximum atomic E-state index is 12.9.